The normalized spacial score (nSPS) is 17.1. The van der Waals surface area contributed by atoms with E-state index in [1.165, 1.54) is 6.92 Å². The highest BCUT2D eigenvalue weighted by atomic mass is 16.4. The Morgan fingerprint density at radius 3 is 2.07 bits per heavy atom. The summed E-state index contributed by atoms with van der Waals surface area (Å²) in [5.41, 5.74) is 3.92. The zero-order valence-corrected chi connectivity index (χ0v) is 9.15. The van der Waals surface area contributed by atoms with Crippen LogP contribution in [-0.2, 0) is 9.59 Å². The maximum Gasteiger partial charge on any atom is 0.338 e. The van der Waals surface area contributed by atoms with E-state index in [-0.39, 0.29) is 12.3 Å². The lowest BCUT2D eigenvalue weighted by atomic mass is 9.97. The fourth-order valence-electron chi connectivity index (χ4n) is 1.30. The lowest BCUT2D eigenvalue weighted by molar-refractivity contribution is -0.147. The molecule has 0 amide bonds. The molecule has 0 fully saturated rings. The van der Waals surface area contributed by atoms with Gasteiger partial charge in [0, 0.05) is 0 Å². The minimum atomic E-state index is -1.69. The smallest absolute Gasteiger partial charge is 0.338 e. The average Bonchev–Trinajstić information content (AvgIpc) is 2.01. The van der Waals surface area contributed by atoms with Gasteiger partial charge in [0.15, 0.2) is 5.66 Å². The van der Waals surface area contributed by atoms with Crippen molar-refractivity contribution in [2.24, 2.45) is 11.7 Å². The van der Waals surface area contributed by atoms with E-state index in [0.29, 0.717) is 0 Å². The van der Waals surface area contributed by atoms with Crippen LogP contribution in [0, 0.1) is 5.92 Å². The predicted octanol–water partition coefficient (Wildman–Crippen LogP) is -0.165. The molecule has 6 heteroatoms. The minimum absolute atomic E-state index is 0.0552. The van der Waals surface area contributed by atoms with Gasteiger partial charge in [0.25, 0.3) is 0 Å². The Morgan fingerprint density at radius 2 is 1.80 bits per heavy atom. The maximum absolute atomic E-state index is 10.9. The zero-order valence-electron chi connectivity index (χ0n) is 9.15. The van der Waals surface area contributed by atoms with E-state index in [0.717, 1.165) is 0 Å². The first-order valence-corrected chi connectivity index (χ1v) is 4.72. The Kier molecular flexibility index (Phi) is 4.70. The molecule has 0 rings (SSSR count). The number of carboxylic acid groups (broad SMARTS) is 2. The molecular formula is C9H18N2O4. The van der Waals surface area contributed by atoms with E-state index in [1.807, 2.05) is 13.8 Å². The molecule has 0 aliphatic carbocycles. The van der Waals surface area contributed by atoms with Crippen molar-refractivity contribution in [3.63, 3.8) is 0 Å². The van der Waals surface area contributed by atoms with Gasteiger partial charge < -0.3 is 15.9 Å². The lowest BCUT2D eigenvalue weighted by Crippen LogP contribution is -2.64. The first-order chi connectivity index (χ1) is 6.69. The Bertz CT molecular complexity index is 254. The molecule has 0 aromatic rings. The summed E-state index contributed by atoms with van der Waals surface area (Å²) in [4.78, 5) is 21.5. The van der Waals surface area contributed by atoms with Gasteiger partial charge in [-0.1, -0.05) is 13.8 Å². The molecule has 0 spiro atoms. The molecule has 5 N–H and O–H groups in total. The largest absolute Gasteiger partial charge is 0.480 e. The third-order valence-corrected chi connectivity index (χ3v) is 1.96. The van der Waals surface area contributed by atoms with E-state index in [1.54, 1.807) is 0 Å². The summed E-state index contributed by atoms with van der Waals surface area (Å²) in [7, 11) is 0. The molecule has 0 aliphatic rings. The number of nitrogens with one attached hydrogen (secondary N) is 1. The van der Waals surface area contributed by atoms with Gasteiger partial charge in [0.2, 0.25) is 0 Å². The van der Waals surface area contributed by atoms with Crippen LogP contribution in [0.2, 0.25) is 0 Å². The van der Waals surface area contributed by atoms with Crippen LogP contribution < -0.4 is 11.1 Å². The van der Waals surface area contributed by atoms with Crippen LogP contribution >= 0.6 is 0 Å². The Labute approximate surface area is 88.5 Å². The molecule has 0 unspecified atom stereocenters. The van der Waals surface area contributed by atoms with Gasteiger partial charge in [-0.2, -0.15) is 0 Å². The van der Waals surface area contributed by atoms with Gasteiger partial charge >= 0.3 is 11.9 Å². The molecule has 88 valence electrons. The molecule has 0 saturated carbocycles. The van der Waals surface area contributed by atoms with Crippen molar-refractivity contribution in [1.82, 2.24) is 5.32 Å². The minimum Gasteiger partial charge on any atom is -0.480 e. The van der Waals surface area contributed by atoms with Crippen molar-refractivity contribution in [2.75, 3.05) is 0 Å². The third-order valence-electron chi connectivity index (χ3n) is 1.96. The molecular weight excluding hydrogens is 200 g/mol. The summed E-state index contributed by atoms with van der Waals surface area (Å²) >= 11 is 0. The summed E-state index contributed by atoms with van der Waals surface area (Å²) < 4.78 is 0. The summed E-state index contributed by atoms with van der Waals surface area (Å²) in [5.74, 6) is -2.32. The van der Waals surface area contributed by atoms with E-state index in [9.17, 15) is 9.59 Å². The number of carbonyl (C=O) groups is 2. The van der Waals surface area contributed by atoms with Gasteiger partial charge in [-0.15, -0.1) is 0 Å². The van der Waals surface area contributed by atoms with Crippen molar-refractivity contribution in [1.29, 1.82) is 0 Å². The van der Waals surface area contributed by atoms with Crippen molar-refractivity contribution >= 4 is 11.9 Å². The van der Waals surface area contributed by atoms with Gasteiger partial charge in [-0.05, 0) is 19.3 Å². The molecule has 0 heterocycles. The van der Waals surface area contributed by atoms with Crippen molar-refractivity contribution in [3.05, 3.63) is 0 Å². The van der Waals surface area contributed by atoms with Crippen molar-refractivity contribution < 1.29 is 19.8 Å². The lowest BCUT2D eigenvalue weighted by Gasteiger charge is -2.29. The Morgan fingerprint density at radius 1 is 1.33 bits per heavy atom. The fourth-order valence-corrected chi connectivity index (χ4v) is 1.30. The third kappa shape index (κ3) is 4.26. The zero-order chi connectivity index (χ0) is 12.2. The van der Waals surface area contributed by atoms with Gasteiger partial charge in [0.05, 0.1) is 0 Å². The highest BCUT2D eigenvalue weighted by Crippen LogP contribution is 2.12. The number of aliphatic carboxylic acids is 2. The quantitative estimate of drug-likeness (QED) is 0.460. The predicted molar refractivity (Wildman–Crippen MR) is 54.2 cm³/mol. The SMILES string of the molecule is CC(C)C[C@@](N)(N[C@@H](C)C(=O)O)C(=O)O. The van der Waals surface area contributed by atoms with Crippen molar-refractivity contribution in [3.8, 4) is 0 Å². The van der Waals surface area contributed by atoms with E-state index in [4.69, 9.17) is 15.9 Å². The second-order valence-corrected chi connectivity index (χ2v) is 4.08. The Balaban J connectivity index is 4.65. The summed E-state index contributed by atoms with van der Waals surface area (Å²) in [6, 6.07) is -0.996. The number of hydrogen-bond donors (Lipinski definition) is 4. The van der Waals surface area contributed by atoms with Crippen LogP contribution in [0.4, 0.5) is 0 Å². The van der Waals surface area contributed by atoms with Crippen LogP contribution in [0.15, 0.2) is 0 Å². The first-order valence-electron chi connectivity index (χ1n) is 4.72. The maximum atomic E-state index is 10.9. The molecule has 15 heavy (non-hydrogen) atoms. The molecule has 0 aromatic heterocycles. The van der Waals surface area contributed by atoms with Crippen LogP contribution in [0.1, 0.15) is 27.2 Å². The van der Waals surface area contributed by atoms with Gasteiger partial charge in [-0.3, -0.25) is 10.1 Å². The summed E-state index contributed by atoms with van der Waals surface area (Å²) in [6.45, 7) is 4.99. The van der Waals surface area contributed by atoms with Gasteiger partial charge in [-0.25, -0.2) is 4.79 Å². The molecule has 6 nitrogen and oxygen atoms in total. The second kappa shape index (κ2) is 5.09. The highest BCUT2D eigenvalue weighted by molar-refractivity contribution is 5.80. The molecule has 0 radical (unpaired) electrons. The average molecular weight is 218 g/mol. The summed E-state index contributed by atoms with van der Waals surface area (Å²) in [6.07, 6.45) is 0.167. The van der Waals surface area contributed by atoms with Crippen LogP contribution in [0.5, 0.6) is 0 Å². The standard InChI is InChI=1S/C9H18N2O4/c1-5(2)4-9(10,8(14)15)11-6(3)7(12)13/h5-6,11H,4,10H2,1-3H3,(H,12,13)(H,14,15)/t6-,9+/m0/s1. The number of nitrogens with two attached hydrogens (primary N) is 1. The van der Waals surface area contributed by atoms with Crippen LogP contribution in [-0.4, -0.2) is 33.9 Å². The molecule has 0 bridgehead atoms. The monoisotopic (exact) mass is 218 g/mol. The van der Waals surface area contributed by atoms with Crippen LogP contribution in [0.25, 0.3) is 0 Å². The first kappa shape index (κ1) is 13.9. The summed E-state index contributed by atoms with van der Waals surface area (Å²) in [5, 5.41) is 20.0. The number of hydrogen-bond acceptors (Lipinski definition) is 4. The topological polar surface area (TPSA) is 113 Å². The number of carboxylic acids is 2. The second-order valence-electron chi connectivity index (χ2n) is 4.08. The number of rotatable bonds is 6. The van der Waals surface area contributed by atoms with E-state index in [2.05, 4.69) is 5.32 Å². The molecule has 2 atom stereocenters. The fraction of sp³-hybridized carbons (Fsp3) is 0.778. The Hall–Kier alpha value is -1.14. The molecule has 0 aliphatic heterocycles. The van der Waals surface area contributed by atoms with E-state index >= 15 is 0 Å². The molecule has 0 saturated heterocycles. The van der Waals surface area contributed by atoms with Crippen molar-refractivity contribution in [2.45, 2.75) is 38.9 Å². The van der Waals surface area contributed by atoms with E-state index < -0.39 is 23.6 Å². The molecule has 0 aromatic carbocycles. The highest BCUT2D eigenvalue weighted by Gasteiger charge is 2.37. The van der Waals surface area contributed by atoms with Crippen LogP contribution in [0.3, 0.4) is 0 Å². The van der Waals surface area contributed by atoms with Gasteiger partial charge in [0.1, 0.15) is 6.04 Å².